The normalized spacial score (nSPS) is 15.2. The smallest absolute Gasteiger partial charge is 0.312 e. The third-order valence-corrected chi connectivity index (χ3v) is 5.68. The maximum atomic E-state index is 11.4. The fourth-order valence-corrected chi connectivity index (χ4v) is 4.06. The lowest BCUT2D eigenvalue weighted by Crippen LogP contribution is -2.12. The summed E-state index contributed by atoms with van der Waals surface area (Å²) in [6.07, 6.45) is 19.5. The van der Waals surface area contributed by atoms with Crippen molar-refractivity contribution in [1.29, 1.82) is 0 Å². The third kappa shape index (κ3) is 7.74. The summed E-state index contributed by atoms with van der Waals surface area (Å²) in [5, 5.41) is 11.1. The number of rotatable bonds is 12. The number of carboxylic acid groups (broad SMARTS) is 1. The molecule has 1 heterocycles. The Labute approximate surface area is 159 Å². The molecule has 0 bridgehead atoms. The third-order valence-electron chi connectivity index (χ3n) is 4.68. The number of carbonyl (C=O) groups is 1. The van der Waals surface area contributed by atoms with Crippen molar-refractivity contribution in [1.82, 2.24) is 4.98 Å². The molecule has 0 radical (unpaired) electrons. The SMILES string of the molecule is O=C(O)C(CCCCCCCCCC1=CCCC=C1)c1csc(Cl)n1. The van der Waals surface area contributed by atoms with E-state index in [-0.39, 0.29) is 0 Å². The van der Waals surface area contributed by atoms with Crippen molar-refractivity contribution >= 4 is 28.9 Å². The van der Waals surface area contributed by atoms with E-state index in [0.29, 0.717) is 16.6 Å². The van der Waals surface area contributed by atoms with Crippen molar-refractivity contribution in [2.24, 2.45) is 0 Å². The summed E-state index contributed by atoms with van der Waals surface area (Å²) in [6.45, 7) is 0. The van der Waals surface area contributed by atoms with Crippen LogP contribution in [0.2, 0.25) is 4.47 Å². The maximum Gasteiger partial charge on any atom is 0.312 e. The largest absolute Gasteiger partial charge is 0.481 e. The predicted molar refractivity (Wildman–Crippen MR) is 106 cm³/mol. The molecule has 1 aromatic rings. The van der Waals surface area contributed by atoms with Gasteiger partial charge < -0.3 is 5.11 Å². The highest BCUT2D eigenvalue weighted by Crippen LogP contribution is 2.27. The van der Waals surface area contributed by atoms with Gasteiger partial charge in [-0.1, -0.05) is 73.9 Å². The quantitative estimate of drug-likeness (QED) is 0.407. The number of hydrogen-bond donors (Lipinski definition) is 1. The summed E-state index contributed by atoms with van der Waals surface area (Å²) in [6, 6.07) is 0. The molecule has 0 saturated carbocycles. The van der Waals surface area contributed by atoms with Gasteiger partial charge >= 0.3 is 5.97 Å². The van der Waals surface area contributed by atoms with Gasteiger partial charge in [0.25, 0.3) is 0 Å². The van der Waals surface area contributed by atoms with Crippen molar-refractivity contribution in [3.63, 3.8) is 0 Å². The summed E-state index contributed by atoms with van der Waals surface area (Å²) in [5.74, 6) is -1.31. The van der Waals surface area contributed by atoms with Crippen LogP contribution in [0.3, 0.4) is 0 Å². The van der Waals surface area contributed by atoms with Crippen LogP contribution in [-0.2, 0) is 4.79 Å². The Hall–Kier alpha value is -1.13. The van der Waals surface area contributed by atoms with Crippen LogP contribution in [-0.4, -0.2) is 16.1 Å². The van der Waals surface area contributed by atoms with Gasteiger partial charge in [-0.3, -0.25) is 4.79 Å². The van der Waals surface area contributed by atoms with Crippen LogP contribution in [0.15, 0.2) is 29.2 Å². The monoisotopic (exact) mass is 381 g/mol. The highest BCUT2D eigenvalue weighted by Gasteiger charge is 2.22. The van der Waals surface area contributed by atoms with E-state index < -0.39 is 11.9 Å². The number of nitrogens with zero attached hydrogens (tertiary/aromatic N) is 1. The average Bonchev–Trinajstić information content (AvgIpc) is 3.03. The van der Waals surface area contributed by atoms with Crippen LogP contribution in [0.4, 0.5) is 0 Å². The molecule has 1 aliphatic rings. The van der Waals surface area contributed by atoms with E-state index in [1.165, 1.54) is 68.3 Å². The molecule has 3 nitrogen and oxygen atoms in total. The Morgan fingerprint density at radius 3 is 2.48 bits per heavy atom. The van der Waals surface area contributed by atoms with E-state index in [2.05, 4.69) is 23.2 Å². The summed E-state index contributed by atoms with van der Waals surface area (Å²) in [7, 11) is 0. The van der Waals surface area contributed by atoms with Crippen LogP contribution in [0.25, 0.3) is 0 Å². The topological polar surface area (TPSA) is 50.2 Å². The van der Waals surface area contributed by atoms with E-state index in [1.807, 2.05) is 0 Å². The number of allylic oxidation sites excluding steroid dienone is 4. The number of halogens is 1. The summed E-state index contributed by atoms with van der Waals surface area (Å²) < 4.78 is 0.417. The molecule has 0 aromatic carbocycles. The molecule has 0 fully saturated rings. The maximum absolute atomic E-state index is 11.4. The standard InChI is InChI=1S/C20H28ClNO2S/c21-20-22-18(15-25-20)17(19(23)24)14-10-5-3-1-2-4-7-11-16-12-8-6-9-13-16/h8,12-13,15,17H,1-7,9-11,14H2,(H,23,24). The van der Waals surface area contributed by atoms with Gasteiger partial charge in [0, 0.05) is 5.38 Å². The van der Waals surface area contributed by atoms with E-state index in [1.54, 1.807) is 5.38 Å². The van der Waals surface area contributed by atoms with Gasteiger partial charge in [0.2, 0.25) is 0 Å². The van der Waals surface area contributed by atoms with Crippen LogP contribution in [0.5, 0.6) is 0 Å². The Morgan fingerprint density at radius 1 is 1.16 bits per heavy atom. The minimum Gasteiger partial charge on any atom is -0.481 e. The molecule has 25 heavy (non-hydrogen) atoms. The van der Waals surface area contributed by atoms with Gasteiger partial charge in [-0.15, -0.1) is 11.3 Å². The van der Waals surface area contributed by atoms with Gasteiger partial charge in [0.05, 0.1) is 11.6 Å². The van der Waals surface area contributed by atoms with Crippen LogP contribution in [0, 0.1) is 0 Å². The molecule has 0 saturated heterocycles. The van der Waals surface area contributed by atoms with Gasteiger partial charge in [0.1, 0.15) is 0 Å². The lowest BCUT2D eigenvalue weighted by atomic mass is 9.97. The number of carboxylic acids is 1. The summed E-state index contributed by atoms with van der Waals surface area (Å²) in [4.78, 5) is 15.5. The number of aromatic nitrogens is 1. The van der Waals surface area contributed by atoms with E-state index in [9.17, 15) is 9.90 Å². The zero-order valence-electron chi connectivity index (χ0n) is 14.8. The molecule has 1 atom stereocenters. The van der Waals surface area contributed by atoms with Crippen molar-refractivity contribution < 1.29 is 9.90 Å². The van der Waals surface area contributed by atoms with Gasteiger partial charge in [-0.2, -0.15) is 0 Å². The van der Waals surface area contributed by atoms with Crippen LogP contribution in [0.1, 0.15) is 82.2 Å². The second kappa shape index (κ2) is 11.5. The van der Waals surface area contributed by atoms with Crippen LogP contribution < -0.4 is 0 Å². The first-order chi connectivity index (χ1) is 12.2. The molecule has 0 aliphatic heterocycles. The minimum atomic E-state index is -0.798. The molecule has 1 aliphatic carbocycles. The van der Waals surface area contributed by atoms with Crippen molar-refractivity contribution in [2.45, 2.75) is 76.5 Å². The Morgan fingerprint density at radius 2 is 1.88 bits per heavy atom. The summed E-state index contributed by atoms with van der Waals surface area (Å²) in [5.41, 5.74) is 2.11. The molecule has 0 amide bonds. The van der Waals surface area contributed by atoms with Gasteiger partial charge in [-0.25, -0.2) is 4.98 Å². The first-order valence-corrected chi connectivity index (χ1v) is 10.6. The van der Waals surface area contributed by atoms with Crippen molar-refractivity contribution in [2.75, 3.05) is 0 Å². The molecule has 0 spiro atoms. The lowest BCUT2D eigenvalue weighted by Gasteiger charge is -2.09. The number of aliphatic carboxylic acids is 1. The molecular formula is C20H28ClNO2S. The molecular weight excluding hydrogens is 354 g/mol. The zero-order chi connectivity index (χ0) is 17.9. The molecule has 5 heteroatoms. The highest BCUT2D eigenvalue weighted by atomic mass is 35.5. The van der Waals surface area contributed by atoms with Gasteiger partial charge in [0.15, 0.2) is 4.47 Å². The first kappa shape index (κ1) is 20.2. The summed E-state index contributed by atoms with van der Waals surface area (Å²) >= 11 is 7.11. The molecule has 2 rings (SSSR count). The van der Waals surface area contributed by atoms with E-state index in [0.717, 1.165) is 12.8 Å². The molecule has 1 aromatic heterocycles. The number of thiazole rings is 1. The Balaban J connectivity index is 1.50. The van der Waals surface area contributed by atoms with E-state index >= 15 is 0 Å². The van der Waals surface area contributed by atoms with Crippen molar-refractivity contribution in [3.8, 4) is 0 Å². The fourth-order valence-electron chi connectivity index (χ4n) is 3.24. The van der Waals surface area contributed by atoms with Crippen molar-refractivity contribution in [3.05, 3.63) is 39.3 Å². The molecule has 138 valence electrons. The highest BCUT2D eigenvalue weighted by molar-refractivity contribution is 7.14. The number of hydrogen-bond acceptors (Lipinski definition) is 3. The first-order valence-electron chi connectivity index (χ1n) is 9.36. The Bertz CT molecular complexity index is 594. The fraction of sp³-hybridized carbons (Fsp3) is 0.600. The predicted octanol–water partition coefficient (Wildman–Crippen LogP) is 6.75. The van der Waals surface area contributed by atoms with Gasteiger partial charge in [-0.05, 0) is 32.1 Å². The second-order valence-electron chi connectivity index (χ2n) is 6.69. The Kier molecular flexibility index (Phi) is 9.27. The minimum absolute atomic E-state index is 0.417. The van der Waals surface area contributed by atoms with E-state index in [4.69, 9.17) is 11.6 Å². The lowest BCUT2D eigenvalue weighted by molar-refractivity contribution is -0.139. The zero-order valence-corrected chi connectivity index (χ0v) is 16.3. The molecule has 1 N–H and O–H groups in total. The number of unbranched alkanes of at least 4 members (excludes halogenated alkanes) is 6. The second-order valence-corrected chi connectivity index (χ2v) is 8.13. The van der Waals surface area contributed by atoms with Crippen LogP contribution >= 0.6 is 22.9 Å². The average molecular weight is 382 g/mol. The molecule has 1 unspecified atom stereocenters.